The highest BCUT2D eigenvalue weighted by atomic mass is 14.9. The number of rotatable bonds is 2. The highest BCUT2D eigenvalue weighted by Gasteiger charge is 2.17. The summed E-state index contributed by atoms with van der Waals surface area (Å²) in [6.45, 7) is 1.15. The van der Waals surface area contributed by atoms with Crippen molar-refractivity contribution in [2.45, 2.75) is 25.3 Å². The van der Waals surface area contributed by atoms with Crippen LogP contribution in [0.1, 0.15) is 30.9 Å². The summed E-state index contributed by atoms with van der Waals surface area (Å²) >= 11 is 0. The summed E-state index contributed by atoms with van der Waals surface area (Å²) in [5.74, 6) is 0. The number of nitrogens with one attached hydrogen (secondary N) is 1. The highest BCUT2D eigenvalue weighted by Crippen LogP contribution is 2.31. The molecule has 0 aliphatic carbocycles. The molecule has 1 saturated heterocycles. The van der Waals surface area contributed by atoms with Gasteiger partial charge in [-0.15, -0.1) is 0 Å². The summed E-state index contributed by atoms with van der Waals surface area (Å²) in [5, 5.41) is 3.65. The van der Waals surface area contributed by atoms with Gasteiger partial charge in [0.05, 0.1) is 0 Å². The fourth-order valence-corrected chi connectivity index (χ4v) is 2.80. The molecule has 0 bridgehead atoms. The lowest BCUT2D eigenvalue weighted by Gasteiger charge is -2.26. The Morgan fingerprint density at radius 1 is 0.833 bits per heavy atom. The van der Waals surface area contributed by atoms with Gasteiger partial charge in [-0.2, -0.15) is 0 Å². The molecule has 0 radical (unpaired) electrons. The first-order valence-electron chi connectivity index (χ1n) is 6.83. The zero-order valence-electron chi connectivity index (χ0n) is 10.6. The van der Waals surface area contributed by atoms with Gasteiger partial charge in [0.2, 0.25) is 0 Å². The molecule has 1 unspecified atom stereocenters. The van der Waals surface area contributed by atoms with Gasteiger partial charge in [-0.1, -0.05) is 61.0 Å². The van der Waals surface area contributed by atoms with Gasteiger partial charge >= 0.3 is 0 Å². The van der Waals surface area contributed by atoms with Crippen LogP contribution in [0.2, 0.25) is 0 Å². The second kappa shape index (κ2) is 5.36. The maximum absolute atomic E-state index is 3.65. The van der Waals surface area contributed by atoms with Crippen LogP contribution in [0.25, 0.3) is 11.1 Å². The number of piperidine rings is 1. The SMILES string of the molecule is c1ccc(-c2ccccc2C2CCCCN2)cc1. The lowest BCUT2D eigenvalue weighted by atomic mass is 9.90. The predicted molar refractivity (Wildman–Crippen MR) is 76.5 cm³/mol. The molecule has 1 heteroatoms. The van der Waals surface area contributed by atoms with Gasteiger partial charge in [0, 0.05) is 6.04 Å². The minimum absolute atomic E-state index is 0.523. The molecule has 2 aromatic carbocycles. The topological polar surface area (TPSA) is 12.0 Å². The second-order valence-electron chi connectivity index (χ2n) is 4.96. The number of benzene rings is 2. The molecule has 1 nitrogen and oxygen atoms in total. The smallest absolute Gasteiger partial charge is 0.0326 e. The van der Waals surface area contributed by atoms with Gasteiger partial charge < -0.3 is 5.32 Å². The molecule has 92 valence electrons. The van der Waals surface area contributed by atoms with Crippen LogP contribution in [0.4, 0.5) is 0 Å². The molecule has 1 atom stereocenters. The van der Waals surface area contributed by atoms with Crippen LogP contribution in [0, 0.1) is 0 Å². The minimum Gasteiger partial charge on any atom is -0.310 e. The predicted octanol–water partition coefficient (Wildman–Crippen LogP) is 4.17. The maximum Gasteiger partial charge on any atom is 0.0326 e. The third-order valence-electron chi connectivity index (χ3n) is 3.73. The van der Waals surface area contributed by atoms with E-state index in [1.165, 1.54) is 36.0 Å². The Morgan fingerprint density at radius 3 is 2.39 bits per heavy atom. The third-order valence-corrected chi connectivity index (χ3v) is 3.73. The standard InChI is InChI=1S/C17H19N/c1-2-8-14(9-3-1)15-10-4-5-11-16(15)17-12-6-7-13-18-17/h1-5,8-11,17-18H,6-7,12-13H2. The first-order chi connectivity index (χ1) is 8.95. The Balaban J connectivity index is 1.99. The van der Waals surface area contributed by atoms with Crippen LogP contribution in [-0.2, 0) is 0 Å². The van der Waals surface area contributed by atoms with Crippen molar-refractivity contribution >= 4 is 0 Å². The van der Waals surface area contributed by atoms with E-state index in [1.807, 2.05) is 0 Å². The molecule has 0 aromatic heterocycles. The average Bonchev–Trinajstić information content (AvgIpc) is 2.49. The quantitative estimate of drug-likeness (QED) is 0.826. The largest absolute Gasteiger partial charge is 0.310 e. The van der Waals surface area contributed by atoms with Gasteiger partial charge in [-0.05, 0) is 36.1 Å². The van der Waals surface area contributed by atoms with Crippen LogP contribution >= 0.6 is 0 Å². The zero-order valence-corrected chi connectivity index (χ0v) is 10.6. The molecule has 1 heterocycles. The summed E-state index contributed by atoms with van der Waals surface area (Å²) in [7, 11) is 0. The first-order valence-corrected chi connectivity index (χ1v) is 6.83. The fourth-order valence-electron chi connectivity index (χ4n) is 2.80. The van der Waals surface area contributed by atoms with E-state index in [9.17, 15) is 0 Å². The molecule has 18 heavy (non-hydrogen) atoms. The molecule has 0 saturated carbocycles. The van der Waals surface area contributed by atoms with Crippen LogP contribution in [0.15, 0.2) is 54.6 Å². The van der Waals surface area contributed by atoms with Crippen molar-refractivity contribution in [2.24, 2.45) is 0 Å². The van der Waals surface area contributed by atoms with Crippen molar-refractivity contribution < 1.29 is 0 Å². The average molecular weight is 237 g/mol. The first kappa shape index (κ1) is 11.5. The maximum atomic E-state index is 3.65. The van der Waals surface area contributed by atoms with E-state index in [0.717, 1.165) is 6.54 Å². The summed E-state index contributed by atoms with van der Waals surface area (Å²) in [4.78, 5) is 0. The Kier molecular flexibility index (Phi) is 3.42. The van der Waals surface area contributed by atoms with Crippen molar-refractivity contribution in [3.05, 3.63) is 60.2 Å². The van der Waals surface area contributed by atoms with Crippen molar-refractivity contribution in [2.75, 3.05) is 6.54 Å². The molecular formula is C17H19N. The summed E-state index contributed by atoms with van der Waals surface area (Å²) < 4.78 is 0. The Morgan fingerprint density at radius 2 is 1.61 bits per heavy atom. The summed E-state index contributed by atoms with van der Waals surface area (Å²) in [6.07, 6.45) is 3.90. The van der Waals surface area contributed by atoms with Crippen LogP contribution in [-0.4, -0.2) is 6.54 Å². The monoisotopic (exact) mass is 237 g/mol. The Hall–Kier alpha value is -1.60. The lowest BCUT2D eigenvalue weighted by molar-refractivity contribution is 0.413. The van der Waals surface area contributed by atoms with E-state index in [4.69, 9.17) is 0 Å². The molecule has 1 fully saturated rings. The Bertz CT molecular complexity index is 498. The van der Waals surface area contributed by atoms with Crippen molar-refractivity contribution in [3.63, 3.8) is 0 Å². The van der Waals surface area contributed by atoms with E-state index in [0.29, 0.717) is 6.04 Å². The van der Waals surface area contributed by atoms with Gasteiger partial charge in [-0.25, -0.2) is 0 Å². The molecule has 1 N–H and O–H groups in total. The second-order valence-corrected chi connectivity index (χ2v) is 4.96. The van der Waals surface area contributed by atoms with Gasteiger partial charge in [-0.3, -0.25) is 0 Å². The zero-order chi connectivity index (χ0) is 12.2. The number of hydrogen-bond acceptors (Lipinski definition) is 1. The van der Waals surface area contributed by atoms with Crippen LogP contribution in [0.5, 0.6) is 0 Å². The van der Waals surface area contributed by atoms with Crippen LogP contribution < -0.4 is 5.32 Å². The molecule has 1 aliphatic heterocycles. The van der Waals surface area contributed by atoms with Gasteiger partial charge in [0.25, 0.3) is 0 Å². The fraction of sp³-hybridized carbons (Fsp3) is 0.294. The minimum atomic E-state index is 0.523. The van der Waals surface area contributed by atoms with Gasteiger partial charge in [0.15, 0.2) is 0 Å². The lowest BCUT2D eigenvalue weighted by Crippen LogP contribution is -2.27. The molecular weight excluding hydrogens is 218 g/mol. The highest BCUT2D eigenvalue weighted by molar-refractivity contribution is 5.67. The van der Waals surface area contributed by atoms with Crippen molar-refractivity contribution in [1.29, 1.82) is 0 Å². The molecule has 0 spiro atoms. The number of hydrogen-bond donors (Lipinski definition) is 1. The van der Waals surface area contributed by atoms with Crippen molar-refractivity contribution in [3.8, 4) is 11.1 Å². The molecule has 2 aromatic rings. The van der Waals surface area contributed by atoms with E-state index in [-0.39, 0.29) is 0 Å². The van der Waals surface area contributed by atoms with Crippen LogP contribution in [0.3, 0.4) is 0 Å². The third kappa shape index (κ3) is 2.32. The van der Waals surface area contributed by atoms with E-state index in [2.05, 4.69) is 59.9 Å². The summed E-state index contributed by atoms with van der Waals surface area (Å²) in [5.41, 5.74) is 4.14. The van der Waals surface area contributed by atoms with E-state index in [1.54, 1.807) is 0 Å². The Labute approximate surface area is 109 Å². The molecule has 3 rings (SSSR count). The normalized spacial score (nSPS) is 19.7. The molecule has 1 aliphatic rings. The van der Waals surface area contributed by atoms with Gasteiger partial charge in [0.1, 0.15) is 0 Å². The van der Waals surface area contributed by atoms with E-state index < -0.39 is 0 Å². The summed E-state index contributed by atoms with van der Waals surface area (Å²) in [6, 6.07) is 20.0. The van der Waals surface area contributed by atoms with Crippen molar-refractivity contribution in [1.82, 2.24) is 5.32 Å². The molecule has 0 amide bonds. The van der Waals surface area contributed by atoms with E-state index >= 15 is 0 Å².